The molecule has 0 saturated heterocycles. The van der Waals surface area contributed by atoms with Gasteiger partial charge >= 0.3 is 0 Å². The Balaban J connectivity index is 1.55. The van der Waals surface area contributed by atoms with Crippen LogP contribution >= 0.6 is 11.3 Å². The fourth-order valence-corrected chi connectivity index (χ4v) is 3.84. The third kappa shape index (κ3) is 4.38. The van der Waals surface area contributed by atoms with Gasteiger partial charge in [0.05, 0.1) is 23.4 Å². The molecule has 8 heteroatoms. The van der Waals surface area contributed by atoms with Crippen molar-refractivity contribution < 1.29 is 9.53 Å². The minimum Gasteiger partial charge on any atom is -0.497 e. The van der Waals surface area contributed by atoms with Crippen molar-refractivity contribution in [2.45, 2.75) is 19.5 Å². The molecular formula is C22H21N5O2S. The molecule has 0 aliphatic rings. The van der Waals surface area contributed by atoms with Gasteiger partial charge in [0.1, 0.15) is 5.75 Å². The molecule has 30 heavy (non-hydrogen) atoms. The lowest BCUT2D eigenvalue weighted by atomic mass is 10.1. The molecule has 3 heterocycles. The standard InChI is InChI=1S/C22H21N5O2S/c1-14(16-5-7-17(29-2)8-6-16)25-22-26-18-9-11-30-20(18)19(27-22)21(28)24-13-15-4-3-10-23-12-15/h3-12,14H,13H2,1-2H3,(H,24,28)(H,25,26,27). The van der Waals surface area contributed by atoms with Gasteiger partial charge in [0.2, 0.25) is 5.95 Å². The second-order valence-electron chi connectivity index (χ2n) is 6.71. The fourth-order valence-electron chi connectivity index (χ4n) is 3.02. The van der Waals surface area contributed by atoms with Crippen molar-refractivity contribution in [1.82, 2.24) is 20.3 Å². The Morgan fingerprint density at radius 3 is 2.73 bits per heavy atom. The normalized spacial score (nSPS) is 11.8. The first kappa shape index (κ1) is 19.8. The van der Waals surface area contributed by atoms with Gasteiger partial charge < -0.3 is 15.4 Å². The fraction of sp³-hybridized carbons (Fsp3) is 0.182. The van der Waals surface area contributed by atoms with E-state index in [1.54, 1.807) is 19.5 Å². The van der Waals surface area contributed by atoms with Gasteiger partial charge in [-0.1, -0.05) is 18.2 Å². The maximum atomic E-state index is 12.9. The topological polar surface area (TPSA) is 89.0 Å². The van der Waals surface area contributed by atoms with Crippen molar-refractivity contribution in [2.75, 3.05) is 12.4 Å². The number of pyridine rings is 1. The summed E-state index contributed by atoms with van der Waals surface area (Å²) in [7, 11) is 1.64. The van der Waals surface area contributed by atoms with E-state index in [1.165, 1.54) is 11.3 Å². The van der Waals surface area contributed by atoms with E-state index >= 15 is 0 Å². The molecule has 1 unspecified atom stereocenters. The number of carbonyl (C=O) groups excluding carboxylic acids is 1. The number of nitrogens with zero attached hydrogens (tertiary/aromatic N) is 3. The molecule has 0 radical (unpaired) electrons. The maximum Gasteiger partial charge on any atom is 0.271 e. The highest BCUT2D eigenvalue weighted by Crippen LogP contribution is 2.26. The third-order valence-corrected chi connectivity index (χ3v) is 5.57. The molecule has 0 fully saturated rings. The summed E-state index contributed by atoms with van der Waals surface area (Å²) in [6.07, 6.45) is 3.43. The smallest absolute Gasteiger partial charge is 0.271 e. The number of benzene rings is 1. The molecular weight excluding hydrogens is 398 g/mol. The molecule has 4 rings (SSSR count). The number of fused-ring (bicyclic) bond motifs is 1. The number of nitrogens with one attached hydrogen (secondary N) is 2. The van der Waals surface area contributed by atoms with Gasteiger partial charge in [0.25, 0.3) is 5.91 Å². The zero-order chi connectivity index (χ0) is 20.9. The number of carbonyl (C=O) groups is 1. The van der Waals surface area contributed by atoms with Crippen LogP contribution in [0.1, 0.15) is 34.6 Å². The summed E-state index contributed by atoms with van der Waals surface area (Å²) in [6.45, 7) is 2.40. The highest BCUT2D eigenvalue weighted by atomic mass is 32.1. The van der Waals surface area contributed by atoms with Crippen molar-refractivity contribution >= 4 is 33.4 Å². The Bertz CT molecular complexity index is 1150. The number of hydrogen-bond acceptors (Lipinski definition) is 7. The Morgan fingerprint density at radius 2 is 2.00 bits per heavy atom. The summed E-state index contributed by atoms with van der Waals surface area (Å²) >= 11 is 1.45. The van der Waals surface area contributed by atoms with Crippen molar-refractivity contribution in [3.8, 4) is 5.75 Å². The Labute approximate surface area is 178 Å². The minimum atomic E-state index is -0.242. The van der Waals surface area contributed by atoms with Crippen LogP contribution in [0.25, 0.3) is 10.2 Å². The van der Waals surface area contributed by atoms with Crippen molar-refractivity contribution in [2.24, 2.45) is 0 Å². The van der Waals surface area contributed by atoms with Crippen molar-refractivity contribution in [3.63, 3.8) is 0 Å². The van der Waals surface area contributed by atoms with Crippen molar-refractivity contribution in [3.05, 3.63) is 77.1 Å². The van der Waals surface area contributed by atoms with Gasteiger partial charge in [-0.2, -0.15) is 0 Å². The van der Waals surface area contributed by atoms with Gasteiger partial charge in [-0.15, -0.1) is 11.3 Å². The average Bonchev–Trinajstić information content (AvgIpc) is 3.26. The van der Waals surface area contributed by atoms with Crippen LogP contribution in [0.5, 0.6) is 5.75 Å². The van der Waals surface area contributed by atoms with Crippen LogP contribution in [0.15, 0.2) is 60.2 Å². The molecule has 1 aromatic carbocycles. The summed E-state index contributed by atoms with van der Waals surface area (Å²) in [5.74, 6) is 0.971. The zero-order valence-corrected chi connectivity index (χ0v) is 17.4. The second-order valence-corrected chi connectivity index (χ2v) is 7.63. The number of thiophene rings is 1. The SMILES string of the molecule is COc1ccc(C(C)Nc2nc(C(=O)NCc3cccnc3)c3sccc3n2)cc1. The van der Waals surface area contributed by atoms with E-state index in [9.17, 15) is 4.79 Å². The Hall–Kier alpha value is -3.52. The van der Waals surface area contributed by atoms with Gasteiger partial charge in [0, 0.05) is 18.9 Å². The van der Waals surface area contributed by atoms with E-state index < -0.39 is 0 Å². The first-order valence-corrected chi connectivity index (χ1v) is 10.3. The largest absolute Gasteiger partial charge is 0.497 e. The number of rotatable bonds is 7. The molecule has 0 aliphatic carbocycles. The van der Waals surface area contributed by atoms with Crippen LogP contribution < -0.4 is 15.4 Å². The summed E-state index contributed by atoms with van der Waals surface area (Å²) in [5.41, 5.74) is 3.09. The van der Waals surface area contributed by atoms with Gasteiger partial charge in [-0.25, -0.2) is 9.97 Å². The van der Waals surface area contributed by atoms with Crippen molar-refractivity contribution in [1.29, 1.82) is 0 Å². The molecule has 1 amide bonds. The quantitative estimate of drug-likeness (QED) is 0.467. The molecule has 0 saturated carbocycles. The monoisotopic (exact) mass is 419 g/mol. The molecule has 0 spiro atoms. The highest BCUT2D eigenvalue weighted by Gasteiger charge is 2.17. The first-order chi connectivity index (χ1) is 14.6. The van der Waals surface area contributed by atoms with Gasteiger partial charge in [-0.3, -0.25) is 9.78 Å². The molecule has 0 aliphatic heterocycles. The van der Waals surface area contributed by atoms with E-state index in [2.05, 4.69) is 25.6 Å². The molecule has 152 valence electrons. The number of methoxy groups -OCH3 is 1. The number of hydrogen-bond donors (Lipinski definition) is 2. The summed E-state index contributed by atoms with van der Waals surface area (Å²) < 4.78 is 5.98. The van der Waals surface area contributed by atoms with Crippen LogP contribution in [-0.2, 0) is 6.54 Å². The van der Waals surface area contributed by atoms with Crippen LogP contribution in [0.4, 0.5) is 5.95 Å². The lowest BCUT2D eigenvalue weighted by Gasteiger charge is -2.15. The van der Waals surface area contributed by atoms with E-state index in [0.717, 1.165) is 27.1 Å². The van der Waals surface area contributed by atoms with Crippen LogP contribution in [0.3, 0.4) is 0 Å². The summed E-state index contributed by atoms with van der Waals surface area (Å²) in [5, 5.41) is 8.13. The maximum absolute atomic E-state index is 12.9. The predicted molar refractivity (Wildman–Crippen MR) is 118 cm³/mol. The summed E-state index contributed by atoms with van der Waals surface area (Å²) in [6, 6.07) is 13.4. The van der Waals surface area contributed by atoms with Gasteiger partial charge in [-0.05, 0) is 47.7 Å². The van der Waals surface area contributed by atoms with Crippen LogP contribution in [-0.4, -0.2) is 28.0 Å². The van der Waals surface area contributed by atoms with Crippen LogP contribution in [0.2, 0.25) is 0 Å². The lowest BCUT2D eigenvalue weighted by Crippen LogP contribution is -2.24. The first-order valence-electron chi connectivity index (χ1n) is 9.47. The lowest BCUT2D eigenvalue weighted by molar-refractivity contribution is 0.0948. The number of amides is 1. The number of anilines is 1. The highest BCUT2D eigenvalue weighted by molar-refractivity contribution is 7.17. The van der Waals surface area contributed by atoms with Crippen LogP contribution in [0, 0.1) is 0 Å². The van der Waals surface area contributed by atoms with E-state index in [4.69, 9.17) is 4.74 Å². The molecule has 0 bridgehead atoms. The Kier molecular flexibility index (Phi) is 5.85. The number of aromatic nitrogens is 3. The summed E-state index contributed by atoms with van der Waals surface area (Å²) in [4.78, 5) is 26.0. The molecule has 1 atom stereocenters. The van der Waals surface area contributed by atoms with Gasteiger partial charge in [0.15, 0.2) is 5.69 Å². The molecule has 2 N–H and O–H groups in total. The van der Waals surface area contributed by atoms with E-state index in [-0.39, 0.29) is 11.9 Å². The third-order valence-electron chi connectivity index (χ3n) is 4.66. The van der Waals surface area contributed by atoms with E-state index in [0.29, 0.717) is 18.2 Å². The number of ether oxygens (including phenoxy) is 1. The average molecular weight is 420 g/mol. The van der Waals surface area contributed by atoms with E-state index in [1.807, 2.05) is 54.8 Å². The molecule has 4 aromatic rings. The second kappa shape index (κ2) is 8.87. The molecule has 3 aromatic heterocycles. The minimum absolute atomic E-state index is 0.0432. The Morgan fingerprint density at radius 1 is 1.17 bits per heavy atom. The predicted octanol–water partition coefficient (Wildman–Crippen LogP) is 4.20. The zero-order valence-electron chi connectivity index (χ0n) is 16.6. The molecule has 7 nitrogen and oxygen atoms in total.